The first-order chi connectivity index (χ1) is 7.76. The Labute approximate surface area is 104 Å². The van der Waals surface area contributed by atoms with Gasteiger partial charge in [0.1, 0.15) is 0 Å². The van der Waals surface area contributed by atoms with E-state index in [4.69, 9.17) is 5.14 Å². The third-order valence-corrected chi connectivity index (χ3v) is 3.11. The zero-order chi connectivity index (χ0) is 13.5. The molecular formula is C10H24N4O2S. The summed E-state index contributed by atoms with van der Waals surface area (Å²) in [6, 6.07) is 0.266. The van der Waals surface area contributed by atoms with Gasteiger partial charge in [-0.05, 0) is 19.8 Å². The topological polar surface area (TPSA) is 96.6 Å². The van der Waals surface area contributed by atoms with Crippen molar-refractivity contribution in [2.24, 2.45) is 16.0 Å². The predicted molar refractivity (Wildman–Crippen MR) is 71.4 cm³/mol. The van der Waals surface area contributed by atoms with Crippen LogP contribution in [0.2, 0.25) is 0 Å². The van der Waals surface area contributed by atoms with Crippen molar-refractivity contribution in [3.63, 3.8) is 0 Å². The number of nitrogens with one attached hydrogen (secondary N) is 2. The van der Waals surface area contributed by atoms with Crippen LogP contribution in [0.15, 0.2) is 4.99 Å². The van der Waals surface area contributed by atoms with Crippen LogP contribution in [-0.2, 0) is 10.0 Å². The number of rotatable bonds is 6. The average molecular weight is 264 g/mol. The van der Waals surface area contributed by atoms with Crippen LogP contribution >= 0.6 is 0 Å². The minimum Gasteiger partial charge on any atom is -0.357 e. The van der Waals surface area contributed by atoms with E-state index in [9.17, 15) is 8.42 Å². The molecule has 0 fully saturated rings. The van der Waals surface area contributed by atoms with Gasteiger partial charge in [-0.25, -0.2) is 13.6 Å². The summed E-state index contributed by atoms with van der Waals surface area (Å²) in [5.41, 5.74) is 0. The van der Waals surface area contributed by atoms with E-state index >= 15 is 0 Å². The molecule has 0 saturated heterocycles. The summed E-state index contributed by atoms with van der Waals surface area (Å²) in [6.07, 6.45) is 0. The molecule has 1 atom stereocenters. The molecule has 0 aliphatic rings. The molecule has 7 heteroatoms. The second kappa shape index (κ2) is 7.50. The molecule has 0 amide bonds. The molecule has 4 N–H and O–H groups in total. The van der Waals surface area contributed by atoms with E-state index < -0.39 is 10.0 Å². The second-order valence-corrected chi connectivity index (χ2v) is 6.04. The van der Waals surface area contributed by atoms with Gasteiger partial charge in [0, 0.05) is 12.6 Å². The lowest BCUT2D eigenvalue weighted by molar-refractivity contribution is 0.481. The molecule has 0 aromatic heterocycles. The Morgan fingerprint density at radius 3 is 2.35 bits per heavy atom. The van der Waals surface area contributed by atoms with E-state index in [-0.39, 0.29) is 18.3 Å². The van der Waals surface area contributed by atoms with Gasteiger partial charge in [0.05, 0.1) is 12.3 Å². The van der Waals surface area contributed by atoms with Gasteiger partial charge in [0.2, 0.25) is 10.0 Å². The number of sulfonamides is 1. The Morgan fingerprint density at radius 1 is 1.35 bits per heavy atom. The molecular weight excluding hydrogens is 240 g/mol. The number of hydrogen-bond donors (Lipinski definition) is 3. The van der Waals surface area contributed by atoms with Gasteiger partial charge in [0.25, 0.3) is 0 Å². The number of nitrogens with two attached hydrogens (primary N) is 1. The van der Waals surface area contributed by atoms with Crippen LogP contribution < -0.4 is 15.8 Å². The SMILES string of the molecule is CCNC(=NCCS(N)(=O)=O)NC(C)C(C)C. The Morgan fingerprint density at radius 2 is 1.94 bits per heavy atom. The van der Waals surface area contributed by atoms with Crippen LogP contribution in [-0.4, -0.2) is 39.3 Å². The van der Waals surface area contributed by atoms with E-state index in [0.717, 1.165) is 6.54 Å². The molecule has 0 bridgehead atoms. The Hall–Kier alpha value is -0.820. The summed E-state index contributed by atoms with van der Waals surface area (Å²) in [7, 11) is -3.44. The lowest BCUT2D eigenvalue weighted by Crippen LogP contribution is -2.44. The van der Waals surface area contributed by atoms with Crippen molar-refractivity contribution in [2.45, 2.75) is 33.7 Å². The van der Waals surface area contributed by atoms with Gasteiger partial charge in [-0.15, -0.1) is 0 Å². The first kappa shape index (κ1) is 16.2. The van der Waals surface area contributed by atoms with Crippen LogP contribution in [0.1, 0.15) is 27.7 Å². The maximum Gasteiger partial charge on any atom is 0.210 e. The molecule has 0 aromatic rings. The number of guanidine groups is 1. The van der Waals surface area contributed by atoms with E-state index in [1.165, 1.54) is 0 Å². The van der Waals surface area contributed by atoms with E-state index in [1.807, 2.05) is 6.92 Å². The zero-order valence-corrected chi connectivity index (χ0v) is 11.8. The first-order valence-electron chi connectivity index (χ1n) is 5.81. The van der Waals surface area contributed by atoms with Crippen LogP contribution in [0.5, 0.6) is 0 Å². The van der Waals surface area contributed by atoms with Gasteiger partial charge >= 0.3 is 0 Å². The fourth-order valence-electron chi connectivity index (χ4n) is 0.987. The maximum atomic E-state index is 10.8. The lowest BCUT2D eigenvalue weighted by Gasteiger charge is -2.20. The summed E-state index contributed by atoms with van der Waals surface area (Å²) in [5, 5.41) is 11.2. The van der Waals surface area contributed by atoms with Gasteiger partial charge in [-0.3, -0.25) is 4.99 Å². The fourth-order valence-corrected chi connectivity index (χ4v) is 1.33. The maximum absolute atomic E-state index is 10.8. The van der Waals surface area contributed by atoms with Crippen molar-refractivity contribution in [3.05, 3.63) is 0 Å². The molecule has 6 nitrogen and oxygen atoms in total. The summed E-state index contributed by atoms with van der Waals surface area (Å²) < 4.78 is 21.5. The number of aliphatic imine (C=N–C) groups is 1. The fraction of sp³-hybridized carbons (Fsp3) is 0.900. The van der Waals surface area contributed by atoms with Crippen molar-refractivity contribution >= 4 is 16.0 Å². The van der Waals surface area contributed by atoms with Crippen molar-refractivity contribution in [1.82, 2.24) is 10.6 Å². The first-order valence-corrected chi connectivity index (χ1v) is 7.53. The summed E-state index contributed by atoms with van der Waals surface area (Å²) >= 11 is 0. The monoisotopic (exact) mass is 264 g/mol. The molecule has 102 valence electrons. The summed E-state index contributed by atoms with van der Waals surface area (Å²) in [5.74, 6) is 0.953. The Kier molecular flexibility index (Phi) is 7.13. The zero-order valence-electron chi connectivity index (χ0n) is 11.0. The molecule has 0 saturated carbocycles. The van der Waals surface area contributed by atoms with Crippen molar-refractivity contribution in [1.29, 1.82) is 0 Å². The summed E-state index contributed by atoms with van der Waals surface area (Å²) in [4.78, 5) is 4.16. The average Bonchev–Trinajstić information content (AvgIpc) is 2.15. The number of nitrogens with zero attached hydrogens (tertiary/aromatic N) is 1. The lowest BCUT2D eigenvalue weighted by atomic mass is 10.1. The molecule has 0 heterocycles. The quantitative estimate of drug-likeness (QED) is 0.460. The molecule has 0 aliphatic carbocycles. The highest BCUT2D eigenvalue weighted by Gasteiger charge is 2.09. The van der Waals surface area contributed by atoms with Crippen molar-refractivity contribution in [3.8, 4) is 0 Å². The van der Waals surface area contributed by atoms with Gasteiger partial charge in [-0.1, -0.05) is 13.8 Å². The number of hydrogen-bond acceptors (Lipinski definition) is 3. The third kappa shape index (κ3) is 8.93. The molecule has 0 rings (SSSR count). The van der Waals surface area contributed by atoms with E-state index in [2.05, 4.69) is 36.4 Å². The van der Waals surface area contributed by atoms with Crippen LogP contribution in [0.25, 0.3) is 0 Å². The highest BCUT2D eigenvalue weighted by molar-refractivity contribution is 7.89. The summed E-state index contributed by atoms with van der Waals surface area (Å²) in [6.45, 7) is 9.11. The molecule has 17 heavy (non-hydrogen) atoms. The van der Waals surface area contributed by atoms with Crippen molar-refractivity contribution < 1.29 is 8.42 Å². The number of primary sulfonamides is 1. The highest BCUT2D eigenvalue weighted by atomic mass is 32.2. The van der Waals surface area contributed by atoms with Gasteiger partial charge < -0.3 is 10.6 Å². The molecule has 0 radical (unpaired) electrons. The smallest absolute Gasteiger partial charge is 0.210 e. The standard InChI is InChI=1S/C10H24N4O2S/c1-5-12-10(14-9(4)8(2)3)13-6-7-17(11,15)16/h8-9H,5-7H2,1-4H3,(H2,11,15,16)(H2,12,13,14). The Bertz CT molecular complexity index is 338. The van der Waals surface area contributed by atoms with E-state index in [0.29, 0.717) is 11.9 Å². The molecule has 0 aromatic carbocycles. The highest BCUT2D eigenvalue weighted by Crippen LogP contribution is 1.99. The normalized spacial score (nSPS) is 14.8. The largest absolute Gasteiger partial charge is 0.357 e. The molecule has 0 spiro atoms. The Balaban J connectivity index is 4.36. The van der Waals surface area contributed by atoms with Crippen molar-refractivity contribution in [2.75, 3.05) is 18.8 Å². The predicted octanol–water partition coefficient (Wildman–Crippen LogP) is -0.125. The minimum absolute atomic E-state index is 0.139. The van der Waals surface area contributed by atoms with Crippen LogP contribution in [0, 0.1) is 5.92 Å². The molecule has 1 unspecified atom stereocenters. The third-order valence-electron chi connectivity index (χ3n) is 2.35. The van der Waals surface area contributed by atoms with Gasteiger partial charge in [-0.2, -0.15) is 0 Å². The van der Waals surface area contributed by atoms with Crippen LogP contribution in [0.4, 0.5) is 0 Å². The molecule has 0 aliphatic heterocycles. The van der Waals surface area contributed by atoms with Crippen LogP contribution in [0.3, 0.4) is 0 Å². The van der Waals surface area contributed by atoms with Gasteiger partial charge in [0.15, 0.2) is 5.96 Å². The van der Waals surface area contributed by atoms with E-state index in [1.54, 1.807) is 0 Å². The minimum atomic E-state index is -3.44. The second-order valence-electron chi connectivity index (χ2n) is 4.30.